The maximum absolute atomic E-state index is 9.77. The van der Waals surface area contributed by atoms with Gasteiger partial charge in [-0.1, -0.05) is 29.3 Å². The van der Waals surface area contributed by atoms with Crippen LogP contribution in [0.25, 0.3) is 11.6 Å². The van der Waals surface area contributed by atoms with Gasteiger partial charge in [0.1, 0.15) is 5.75 Å². The number of halogens is 4. The average Bonchev–Trinajstić information content (AvgIpc) is 2.45. The van der Waals surface area contributed by atoms with Crippen molar-refractivity contribution in [3.63, 3.8) is 0 Å². The lowest BCUT2D eigenvalue weighted by atomic mass is 10.0. The van der Waals surface area contributed by atoms with Crippen LogP contribution < -0.4 is 0 Å². The Morgan fingerprint density at radius 3 is 2.24 bits per heavy atom. The van der Waals surface area contributed by atoms with Gasteiger partial charge in [0.15, 0.2) is 0 Å². The van der Waals surface area contributed by atoms with E-state index in [0.717, 1.165) is 12.7 Å². The highest BCUT2D eigenvalue weighted by molar-refractivity contribution is 14.1. The van der Waals surface area contributed by atoms with E-state index in [1.807, 2.05) is 12.1 Å². The predicted molar refractivity (Wildman–Crippen MR) is 103 cm³/mol. The third kappa shape index (κ3) is 4.03. The minimum atomic E-state index is 0.251. The molecule has 2 aromatic rings. The molecule has 21 heavy (non-hydrogen) atoms. The Bertz CT molecular complexity index is 759. The zero-order chi connectivity index (χ0) is 15.6. The Morgan fingerprint density at radius 1 is 1.10 bits per heavy atom. The number of rotatable bonds is 2. The van der Waals surface area contributed by atoms with E-state index in [4.69, 9.17) is 23.2 Å². The van der Waals surface area contributed by atoms with Crippen LogP contribution in [0.4, 0.5) is 0 Å². The zero-order valence-electron chi connectivity index (χ0n) is 10.4. The molecule has 106 valence electrons. The molecule has 0 spiro atoms. The summed E-state index contributed by atoms with van der Waals surface area (Å²) >= 11 is 16.0. The second kappa shape index (κ2) is 7.18. The lowest BCUT2D eigenvalue weighted by Gasteiger charge is -2.05. The Morgan fingerprint density at radius 2 is 1.71 bits per heavy atom. The van der Waals surface area contributed by atoms with Crippen molar-refractivity contribution in [1.82, 2.24) is 0 Å². The SMILES string of the molecule is N#C/C(=C/c1cc(I)c(O)c(I)c1)c1ccc(Cl)c(Cl)c1. The van der Waals surface area contributed by atoms with Crippen molar-refractivity contribution in [2.24, 2.45) is 0 Å². The number of hydrogen-bond acceptors (Lipinski definition) is 2. The molecule has 0 aromatic heterocycles. The van der Waals surface area contributed by atoms with Gasteiger partial charge in [-0.15, -0.1) is 0 Å². The molecule has 0 atom stereocenters. The Balaban J connectivity index is 2.51. The van der Waals surface area contributed by atoms with Crippen LogP contribution in [-0.2, 0) is 0 Å². The molecule has 0 heterocycles. The van der Waals surface area contributed by atoms with Crippen molar-refractivity contribution >= 4 is 80.0 Å². The van der Waals surface area contributed by atoms with Gasteiger partial charge >= 0.3 is 0 Å². The number of allylic oxidation sites excluding steroid dienone is 1. The molecule has 0 unspecified atom stereocenters. The van der Waals surface area contributed by atoms with Gasteiger partial charge in [0.25, 0.3) is 0 Å². The fraction of sp³-hybridized carbons (Fsp3) is 0. The highest BCUT2D eigenvalue weighted by Gasteiger charge is 2.08. The smallest absolute Gasteiger partial charge is 0.142 e. The largest absolute Gasteiger partial charge is 0.506 e. The molecule has 0 radical (unpaired) electrons. The highest BCUT2D eigenvalue weighted by atomic mass is 127. The van der Waals surface area contributed by atoms with Crippen LogP contribution in [0.15, 0.2) is 30.3 Å². The molecule has 0 aliphatic carbocycles. The molecular formula is C15H7Cl2I2NO. The molecule has 0 fully saturated rings. The van der Waals surface area contributed by atoms with Crippen LogP contribution >= 0.6 is 68.4 Å². The van der Waals surface area contributed by atoms with E-state index >= 15 is 0 Å². The van der Waals surface area contributed by atoms with Crippen LogP contribution in [0.5, 0.6) is 5.75 Å². The van der Waals surface area contributed by atoms with Crippen molar-refractivity contribution in [3.05, 3.63) is 58.6 Å². The van der Waals surface area contributed by atoms with Gasteiger partial charge in [0, 0.05) is 0 Å². The summed E-state index contributed by atoms with van der Waals surface area (Å²) in [5, 5.41) is 20.0. The van der Waals surface area contributed by atoms with Gasteiger partial charge in [0.05, 0.1) is 28.8 Å². The molecule has 0 aliphatic heterocycles. The summed E-state index contributed by atoms with van der Waals surface area (Å²) in [7, 11) is 0. The molecule has 0 bridgehead atoms. The molecule has 0 saturated carbocycles. The topological polar surface area (TPSA) is 44.0 Å². The van der Waals surface area contributed by atoms with Crippen molar-refractivity contribution < 1.29 is 5.11 Å². The minimum Gasteiger partial charge on any atom is -0.506 e. The first kappa shape index (κ1) is 16.9. The average molecular weight is 542 g/mol. The van der Waals surface area contributed by atoms with Gasteiger partial charge in [-0.05, 0) is 86.7 Å². The van der Waals surface area contributed by atoms with E-state index in [1.165, 1.54) is 0 Å². The summed E-state index contributed by atoms with van der Waals surface area (Å²) in [6.07, 6.45) is 1.75. The number of hydrogen-bond donors (Lipinski definition) is 1. The van der Waals surface area contributed by atoms with Crippen molar-refractivity contribution in [3.8, 4) is 11.8 Å². The Labute approximate surface area is 159 Å². The van der Waals surface area contributed by atoms with Gasteiger partial charge < -0.3 is 5.11 Å². The van der Waals surface area contributed by atoms with Crippen molar-refractivity contribution in [1.29, 1.82) is 5.26 Å². The second-order valence-electron chi connectivity index (χ2n) is 4.13. The fourth-order valence-corrected chi connectivity index (χ4v) is 3.79. The highest BCUT2D eigenvalue weighted by Crippen LogP contribution is 2.30. The monoisotopic (exact) mass is 541 g/mol. The van der Waals surface area contributed by atoms with Gasteiger partial charge in [-0.2, -0.15) is 5.26 Å². The fourth-order valence-electron chi connectivity index (χ4n) is 1.68. The lowest BCUT2D eigenvalue weighted by molar-refractivity contribution is 0.467. The summed E-state index contributed by atoms with van der Waals surface area (Å²) in [5.74, 6) is 0.251. The number of benzene rings is 2. The van der Waals surface area contributed by atoms with Crippen LogP contribution in [-0.4, -0.2) is 5.11 Å². The zero-order valence-corrected chi connectivity index (χ0v) is 16.2. The molecule has 6 heteroatoms. The molecular weight excluding hydrogens is 535 g/mol. The number of nitriles is 1. The van der Waals surface area contributed by atoms with E-state index in [2.05, 4.69) is 51.3 Å². The summed E-state index contributed by atoms with van der Waals surface area (Å²) < 4.78 is 1.47. The maximum atomic E-state index is 9.77. The molecule has 0 saturated heterocycles. The first-order valence-corrected chi connectivity index (χ1v) is 8.59. The van der Waals surface area contributed by atoms with E-state index in [9.17, 15) is 10.4 Å². The Kier molecular flexibility index (Phi) is 5.77. The molecule has 2 aromatic carbocycles. The van der Waals surface area contributed by atoms with E-state index in [0.29, 0.717) is 21.2 Å². The third-order valence-corrected chi connectivity index (χ3v) is 5.08. The Hall–Kier alpha value is -0.490. The van der Waals surface area contributed by atoms with Crippen LogP contribution in [0.3, 0.4) is 0 Å². The van der Waals surface area contributed by atoms with E-state index in [1.54, 1.807) is 24.3 Å². The number of nitrogens with zero attached hydrogens (tertiary/aromatic N) is 1. The third-order valence-electron chi connectivity index (χ3n) is 2.70. The van der Waals surface area contributed by atoms with Crippen LogP contribution in [0, 0.1) is 18.5 Å². The first-order valence-electron chi connectivity index (χ1n) is 5.67. The van der Waals surface area contributed by atoms with Gasteiger partial charge in [0.2, 0.25) is 0 Å². The summed E-state index contributed by atoms with van der Waals surface area (Å²) in [6, 6.07) is 10.9. The van der Waals surface area contributed by atoms with E-state index < -0.39 is 0 Å². The van der Waals surface area contributed by atoms with Crippen LogP contribution in [0.2, 0.25) is 10.0 Å². The predicted octanol–water partition coefficient (Wildman–Crippen LogP) is 5.97. The molecule has 1 N–H and O–H groups in total. The van der Waals surface area contributed by atoms with Gasteiger partial charge in [-0.25, -0.2) is 0 Å². The van der Waals surface area contributed by atoms with E-state index in [-0.39, 0.29) is 5.75 Å². The quantitative estimate of drug-likeness (QED) is 0.289. The van der Waals surface area contributed by atoms with Crippen molar-refractivity contribution in [2.75, 3.05) is 0 Å². The summed E-state index contributed by atoms with van der Waals surface area (Å²) in [5.41, 5.74) is 2.01. The number of phenols is 1. The molecule has 0 amide bonds. The van der Waals surface area contributed by atoms with Crippen LogP contribution in [0.1, 0.15) is 11.1 Å². The van der Waals surface area contributed by atoms with Gasteiger partial charge in [-0.3, -0.25) is 0 Å². The first-order chi connectivity index (χ1) is 9.92. The normalized spacial score (nSPS) is 11.3. The standard InChI is InChI=1S/C15H7Cl2I2NO/c16-11-2-1-9(6-12(11)17)10(7-20)3-8-4-13(18)15(21)14(19)5-8/h1-6,21H/b10-3-. The second-order valence-corrected chi connectivity index (χ2v) is 7.27. The summed E-state index contributed by atoms with van der Waals surface area (Å²) in [6.45, 7) is 0. The maximum Gasteiger partial charge on any atom is 0.142 e. The summed E-state index contributed by atoms with van der Waals surface area (Å²) in [4.78, 5) is 0. The molecule has 0 aliphatic rings. The number of phenolic OH excluding ortho intramolecular Hbond substituents is 1. The molecule has 2 nitrogen and oxygen atoms in total. The number of aromatic hydroxyl groups is 1. The molecule has 2 rings (SSSR count). The minimum absolute atomic E-state index is 0.251. The lowest BCUT2D eigenvalue weighted by Crippen LogP contribution is -1.86. The van der Waals surface area contributed by atoms with Crippen molar-refractivity contribution in [2.45, 2.75) is 0 Å².